The molecule has 0 N–H and O–H groups in total. The molecule has 1 atom stereocenters. The second kappa shape index (κ2) is 6.87. The van der Waals surface area contributed by atoms with Crippen molar-refractivity contribution in [3.63, 3.8) is 0 Å². The molecule has 1 aliphatic heterocycles. The van der Waals surface area contributed by atoms with Crippen molar-refractivity contribution in [1.29, 1.82) is 0 Å². The van der Waals surface area contributed by atoms with Gasteiger partial charge in [0.1, 0.15) is 5.82 Å². The number of hydrogen-bond donors (Lipinski definition) is 0. The van der Waals surface area contributed by atoms with Crippen LogP contribution in [0.25, 0.3) is 0 Å². The van der Waals surface area contributed by atoms with Crippen molar-refractivity contribution in [2.75, 3.05) is 31.3 Å². The molecule has 0 aromatic heterocycles. The first-order valence-corrected chi connectivity index (χ1v) is 7.33. The molecular weight excluding hydrogens is 305 g/mol. The topological polar surface area (TPSA) is 72.9 Å². The summed E-state index contributed by atoms with van der Waals surface area (Å²) >= 11 is 0. The van der Waals surface area contributed by atoms with E-state index in [9.17, 15) is 18.8 Å². The molecule has 1 heterocycles. The number of hydrogen-bond acceptors (Lipinski definition) is 5. The minimum absolute atomic E-state index is 0.0880. The van der Waals surface area contributed by atoms with E-state index in [1.165, 1.54) is 24.3 Å². The molecule has 1 amide bonds. The van der Waals surface area contributed by atoms with Crippen LogP contribution >= 0.6 is 0 Å². The van der Waals surface area contributed by atoms with Crippen molar-refractivity contribution in [2.45, 2.75) is 13.8 Å². The van der Waals surface area contributed by atoms with Gasteiger partial charge in [-0.05, 0) is 38.1 Å². The molecule has 1 unspecified atom stereocenters. The van der Waals surface area contributed by atoms with Crippen LogP contribution in [-0.2, 0) is 23.9 Å². The number of benzene rings is 1. The Kier molecular flexibility index (Phi) is 5.10. The van der Waals surface area contributed by atoms with Gasteiger partial charge in [0, 0.05) is 12.3 Å². The normalized spacial score (nSPS) is 20.9. The number of nitrogens with zero attached hydrogens (tertiary/aromatic N) is 1. The number of halogens is 1. The molecule has 0 radical (unpaired) electrons. The molecule has 0 bridgehead atoms. The molecular formula is C16H18FNO5. The summed E-state index contributed by atoms with van der Waals surface area (Å²) in [5.41, 5.74) is -1.34. The lowest BCUT2D eigenvalue weighted by Gasteiger charge is -2.24. The minimum atomic E-state index is -1.68. The lowest BCUT2D eigenvalue weighted by molar-refractivity contribution is -0.162. The minimum Gasteiger partial charge on any atom is -0.465 e. The molecule has 1 aromatic carbocycles. The number of ketones is 1. The number of anilines is 1. The highest BCUT2D eigenvalue weighted by molar-refractivity contribution is 6.49. The average Bonchev–Trinajstić information content (AvgIpc) is 2.80. The SMILES string of the molecule is CCOCC1(C(=O)OCC)CN(c2ccc(F)cc2)C(=O)C1=O. The maximum atomic E-state index is 13.0. The second-order valence-corrected chi connectivity index (χ2v) is 5.14. The lowest BCUT2D eigenvalue weighted by Crippen LogP contribution is -2.45. The van der Waals surface area contributed by atoms with Crippen LogP contribution in [0, 0.1) is 11.2 Å². The Morgan fingerprint density at radius 2 is 1.87 bits per heavy atom. The second-order valence-electron chi connectivity index (χ2n) is 5.14. The lowest BCUT2D eigenvalue weighted by atomic mass is 9.86. The molecule has 124 valence electrons. The van der Waals surface area contributed by atoms with Crippen LogP contribution in [0.4, 0.5) is 10.1 Å². The van der Waals surface area contributed by atoms with Crippen LogP contribution in [0.3, 0.4) is 0 Å². The number of amides is 1. The Bertz CT molecular complexity index is 615. The smallest absolute Gasteiger partial charge is 0.324 e. The van der Waals surface area contributed by atoms with Crippen LogP contribution in [0.2, 0.25) is 0 Å². The summed E-state index contributed by atoms with van der Waals surface area (Å²) in [6.45, 7) is 3.30. The Labute approximate surface area is 133 Å². The van der Waals surface area contributed by atoms with Gasteiger partial charge in [0.2, 0.25) is 5.78 Å². The van der Waals surface area contributed by atoms with Gasteiger partial charge in [-0.15, -0.1) is 0 Å². The van der Waals surface area contributed by atoms with E-state index in [4.69, 9.17) is 9.47 Å². The summed E-state index contributed by atoms with van der Waals surface area (Å²) in [6, 6.07) is 5.12. The Balaban J connectivity index is 2.36. The molecule has 7 heteroatoms. The third kappa shape index (κ3) is 3.10. The molecule has 6 nitrogen and oxygen atoms in total. The fourth-order valence-corrected chi connectivity index (χ4v) is 2.44. The van der Waals surface area contributed by atoms with Gasteiger partial charge in [-0.1, -0.05) is 0 Å². The zero-order chi connectivity index (χ0) is 17.0. The highest BCUT2D eigenvalue weighted by Crippen LogP contribution is 2.33. The van der Waals surface area contributed by atoms with Gasteiger partial charge in [-0.25, -0.2) is 4.39 Å². The molecule has 0 saturated carbocycles. The van der Waals surface area contributed by atoms with E-state index in [0.29, 0.717) is 12.3 Å². The summed E-state index contributed by atoms with van der Waals surface area (Å²) < 4.78 is 23.2. The van der Waals surface area contributed by atoms with Gasteiger partial charge >= 0.3 is 5.97 Å². The highest BCUT2D eigenvalue weighted by Gasteiger charge is 2.58. The number of ether oxygens (including phenoxy) is 2. The van der Waals surface area contributed by atoms with E-state index in [1.54, 1.807) is 13.8 Å². The van der Waals surface area contributed by atoms with E-state index >= 15 is 0 Å². The monoisotopic (exact) mass is 323 g/mol. The zero-order valence-electron chi connectivity index (χ0n) is 13.0. The van der Waals surface area contributed by atoms with Gasteiger partial charge in [-0.3, -0.25) is 14.4 Å². The van der Waals surface area contributed by atoms with Crippen LogP contribution in [0.15, 0.2) is 24.3 Å². The average molecular weight is 323 g/mol. The third-order valence-electron chi connectivity index (χ3n) is 3.66. The van der Waals surface area contributed by atoms with E-state index in [0.717, 1.165) is 4.90 Å². The zero-order valence-corrected chi connectivity index (χ0v) is 13.0. The summed E-state index contributed by atoms with van der Waals surface area (Å²) in [7, 11) is 0. The molecule has 1 aliphatic rings. The van der Waals surface area contributed by atoms with Crippen LogP contribution in [0.5, 0.6) is 0 Å². The molecule has 1 saturated heterocycles. The number of rotatable bonds is 6. The van der Waals surface area contributed by atoms with E-state index in [-0.39, 0.29) is 19.8 Å². The van der Waals surface area contributed by atoms with Gasteiger partial charge < -0.3 is 14.4 Å². The number of esters is 1. The van der Waals surface area contributed by atoms with Crippen molar-refractivity contribution in [1.82, 2.24) is 0 Å². The Hall–Kier alpha value is -2.28. The Morgan fingerprint density at radius 1 is 1.22 bits per heavy atom. The number of carbonyl (C=O) groups excluding carboxylic acids is 3. The van der Waals surface area contributed by atoms with Gasteiger partial charge in [0.05, 0.1) is 19.8 Å². The van der Waals surface area contributed by atoms with Gasteiger partial charge in [0.25, 0.3) is 5.91 Å². The van der Waals surface area contributed by atoms with Crippen molar-refractivity contribution in [3.05, 3.63) is 30.1 Å². The fraction of sp³-hybridized carbons (Fsp3) is 0.438. The van der Waals surface area contributed by atoms with Crippen molar-refractivity contribution in [3.8, 4) is 0 Å². The van der Waals surface area contributed by atoms with Crippen LogP contribution in [0.1, 0.15) is 13.8 Å². The van der Waals surface area contributed by atoms with Crippen LogP contribution in [-0.4, -0.2) is 44.0 Å². The van der Waals surface area contributed by atoms with E-state index in [1.807, 2.05) is 0 Å². The van der Waals surface area contributed by atoms with E-state index < -0.39 is 28.9 Å². The van der Waals surface area contributed by atoms with Crippen molar-refractivity contribution < 1.29 is 28.2 Å². The molecule has 1 aromatic rings. The van der Waals surface area contributed by atoms with Crippen LogP contribution < -0.4 is 4.90 Å². The summed E-state index contributed by atoms with van der Waals surface area (Å²) in [6.07, 6.45) is 0. The fourth-order valence-electron chi connectivity index (χ4n) is 2.44. The standard InChI is InChI=1S/C16H18FNO5/c1-3-22-10-16(15(21)23-4-2)9-18(14(20)13(16)19)12-7-5-11(17)6-8-12/h5-8H,3-4,9-10H2,1-2H3. The predicted molar refractivity (Wildman–Crippen MR) is 79.3 cm³/mol. The first-order valence-electron chi connectivity index (χ1n) is 7.33. The Morgan fingerprint density at radius 3 is 2.43 bits per heavy atom. The summed E-state index contributed by atoms with van der Waals surface area (Å²) in [5.74, 6) is -2.94. The quantitative estimate of drug-likeness (QED) is 0.448. The predicted octanol–water partition coefficient (Wildman–Crippen LogP) is 1.33. The maximum absolute atomic E-state index is 13.0. The molecule has 0 aliphatic carbocycles. The number of Topliss-reactive ketones (excluding diaryl/α,β-unsaturated/α-hetero) is 1. The van der Waals surface area contributed by atoms with Gasteiger partial charge in [0.15, 0.2) is 5.41 Å². The van der Waals surface area contributed by atoms with Gasteiger partial charge in [-0.2, -0.15) is 0 Å². The summed E-state index contributed by atoms with van der Waals surface area (Å²) in [4.78, 5) is 38.2. The first kappa shape index (κ1) is 17.1. The highest BCUT2D eigenvalue weighted by atomic mass is 19.1. The largest absolute Gasteiger partial charge is 0.465 e. The third-order valence-corrected chi connectivity index (χ3v) is 3.66. The first-order chi connectivity index (χ1) is 11.0. The van der Waals surface area contributed by atoms with Crippen molar-refractivity contribution in [2.24, 2.45) is 5.41 Å². The van der Waals surface area contributed by atoms with E-state index in [2.05, 4.69) is 0 Å². The van der Waals surface area contributed by atoms with Crippen molar-refractivity contribution >= 4 is 23.3 Å². The molecule has 23 heavy (non-hydrogen) atoms. The molecule has 1 fully saturated rings. The maximum Gasteiger partial charge on any atom is 0.324 e. The number of carbonyl (C=O) groups is 3. The molecule has 0 spiro atoms. The molecule has 2 rings (SSSR count). The summed E-state index contributed by atoms with van der Waals surface area (Å²) in [5, 5.41) is 0.